The molecule has 0 bridgehead atoms. The van der Waals surface area contributed by atoms with E-state index in [-0.39, 0.29) is 23.8 Å². The van der Waals surface area contributed by atoms with Crippen LogP contribution in [0.15, 0.2) is 77.3 Å². The molecule has 0 saturated heterocycles. The van der Waals surface area contributed by atoms with Gasteiger partial charge in [-0.1, -0.05) is 74.5 Å². The Morgan fingerprint density at radius 2 is 1.53 bits per heavy atom. The number of para-hydroxylation sites is 1. The number of rotatable bonds is 9. The molecule has 0 aliphatic rings. The third-order valence-corrected chi connectivity index (χ3v) is 5.75. The van der Waals surface area contributed by atoms with Crippen LogP contribution < -0.4 is 4.74 Å². The number of amides is 1. The largest absolute Gasteiger partial charge is 0.482 e. The average molecular weight is 496 g/mol. The van der Waals surface area contributed by atoms with E-state index in [4.69, 9.17) is 4.74 Å². The van der Waals surface area contributed by atoms with E-state index in [0.717, 1.165) is 11.1 Å². The molecule has 0 unspecified atom stereocenters. The van der Waals surface area contributed by atoms with Crippen molar-refractivity contribution in [2.24, 2.45) is 0 Å². The number of ether oxygens (including phenoxy) is 1. The molecule has 0 aromatic heterocycles. The zero-order valence-corrected chi connectivity index (χ0v) is 19.7. The van der Waals surface area contributed by atoms with E-state index in [2.05, 4.69) is 41.9 Å². The van der Waals surface area contributed by atoms with Crippen molar-refractivity contribution in [1.29, 1.82) is 0 Å². The molecule has 3 rings (SSSR count). The van der Waals surface area contributed by atoms with Crippen LogP contribution in [0.2, 0.25) is 0 Å². The summed E-state index contributed by atoms with van der Waals surface area (Å²) in [6.45, 7) is 4.88. The fraction of sp³-hybridized carbons (Fsp3) is 0.231. The molecule has 1 N–H and O–H groups in total. The molecule has 0 aliphatic heterocycles. The minimum Gasteiger partial charge on any atom is -0.482 e. The van der Waals surface area contributed by atoms with Gasteiger partial charge in [-0.3, -0.25) is 4.79 Å². The summed E-state index contributed by atoms with van der Waals surface area (Å²) in [5, 5.41) is 9.42. The van der Waals surface area contributed by atoms with Crippen LogP contribution in [0.3, 0.4) is 0 Å². The van der Waals surface area contributed by atoms with Gasteiger partial charge in [0.2, 0.25) is 0 Å². The summed E-state index contributed by atoms with van der Waals surface area (Å²) in [6.07, 6.45) is 0. The summed E-state index contributed by atoms with van der Waals surface area (Å²) in [6, 6.07) is 22.7. The number of carbonyl (C=O) groups is 2. The fourth-order valence-corrected chi connectivity index (χ4v) is 3.79. The fourth-order valence-electron chi connectivity index (χ4n) is 3.31. The van der Waals surface area contributed by atoms with Gasteiger partial charge in [-0.15, -0.1) is 0 Å². The van der Waals surface area contributed by atoms with Crippen molar-refractivity contribution in [3.8, 4) is 5.75 Å². The van der Waals surface area contributed by atoms with Crippen LogP contribution in [0, 0.1) is 0 Å². The topological polar surface area (TPSA) is 66.8 Å². The van der Waals surface area contributed by atoms with Crippen LogP contribution in [0.25, 0.3) is 0 Å². The number of carboxylic acids is 1. The summed E-state index contributed by atoms with van der Waals surface area (Å²) in [5.41, 5.74) is 3.27. The molecular weight excluding hydrogens is 470 g/mol. The van der Waals surface area contributed by atoms with Crippen molar-refractivity contribution in [3.63, 3.8) is 0 Å². The molecule has 3 aromatic rings. The SMILES string of the molecule is CC(C)c1ccc(CN(Cc2ccccc2)C(=O)COc2c(Br)cccc2C(=O)O)cc1. The Labute approximate surface area is 196 Å². The highest BCUT2D eigenvalue weighted by molar-refractivity contribution is 9.10. The standard InChI is InChI=1S/C26H26BrNO4/c1-18(2)21-13-11-20(12-14-21)16-28(15-19-7-4-3-5-8-19)24(29)17-32-25-22(26(30)31)9-6-10-23(25)27/h3-14,18H,15-17H2,1-2H3,(H,30,31). The molecule has 6 heteroatoms. The number of aromatic carboxylic acids is 1. The maximum atomic E-state index is 13.1. The first-order valence-corrected chi connectivity index (χ1v) is 11.2. The van der Waals surface area contributed by atoms with Gasteiger partial charge in [-0.05, 0) is 50.7 Å². The normalized spacial score (nSPS) is 10.8. The minimum atomic E-state index is -1.11. The number of benzene rings is 3. The molecule has 0 spiro atoms. The lowest BCUT2D eigenvalue weighted by molar-refractivity contribution is -0.134. The predicted octanol–water partition coefficient (Wildman–Crippen LogP) is 5.88. The van der Waals surface area contributed by atoms with E-state index >= 15 is 0 Å². The second-order valence-electron chi connectivity index (χ2n) is 7.84. The number of carboxylic acid groups (broad SMARTS) is 1. The molecule has 0 heterocycles. The summed E-state index contributed by atoms with van der Waals surface area (Å²) < 4.78 is 6.17. The first kappa shape index (κ1) is 23.5. The zero-order chi connectivity index (χ0) is 23.1. The highest BCUT2D eigenvalue weighted by Crippen LogP contribution is 2.29. The van der Waals surface area contributed by atoms with Crippen molar-refractivity contribution in [1.82, 2.24) is 4.90 Å². The Kier molecular flexibility index (Phi) is 8.06. The molecule has 32 heavy (non-hydrogen) atoms. The quantitative estimate of drug-likeness (QED) is 0.402. The van der Waals surface area contributed by atoms with E-state index in [1.165, 1.54) is 11.6 Å². The lowest BCUT2D eigenvalue weighted by Gasteiger charge is -2.24. The van der Waals surface area contributed by atoms with Crippen LogP contribution in [-0.4, -0.2) is 28.5 Å². The van der Waals surface area contributed by atoms with Crippen LogP contribution in [0.1, 0.15) is 46.8 Å². The van der Waals surface area contributed by atoms with Gasteiger partial charge < -0.3 is 14.7 Å². The number of hydrogen-bond donors (Lipinski definition) is 1. The molecule has 0 atom stereocenters. The van der Waals surface area contributed by atoms with Crippen LogP contribution in [-0.2, 0) is 17.9 Å². The van der Waals surface area contributed by atoms with E-state index in [0.29, 0.717) is 23.5 Å². The second kappa shape index (κ2) is 11.0. The van der Waals surface area contributed by atoms with Crippen LogP contribution in [0.5, 0.6) is 5.75 Å². The van der Waals surface area contributed by atoms with Gasteiger partial charge in [0.05, 0.1) is 4.47 Å². The van der Waals surface area contributed by atoms with Crippen molar-refractivity contribution < 1.29 is 19.4 Å². The summed E-state index contributed by atoms with van der Waals surface area (Å²) in [7, 11) is 0. The number of hydrogen-bond acceptors (Lipinski definition) is 3. The van der Waals surface area contributed by atoms with Gasteiger partial charge in [0.1, 0.15) is 11.3 Å². The Hall–Kier alpha value is -3.12. The highest BCUT2D eigenvalue weighted by Gasteiger charge is 2.19. The molecule has 5 nitrogen and oxygen atoms in total. The summed E-state index contributed by atoms with van der Waals surface area (Å²) >= 11 is 3.32. The second-order valence-corrected chi connectivity index (χ2v) is 8.70. The first-order chi connectivity index (χ1) is 15.3. The number of nitrogens with zero attached hydrogens (tertiary/aromatic N) is 1. The Morgan fingerprint density at radius 3 is 2.12 bits per heavy atom. The van der Waals surface area contributed by atoms with Gasteiger partial charge in [0.25, 0.3) is 5.91 Å². The molecular formula is C26H26BrNO4. The van der Waals surface area contributed by atoms with Crippen molar-refractivity contribution in [2.45, 2.75) is 32.9 Å². The van der Waals surface area contributed by atoms with E-state index in [9.17, 15) is 14.7 Å². The van der Waals surface area contributed by atoms with Gasteiger partial charge in [-0.2, -0.15) is 0 Å². The Balaban J connectivity index is 1.78. The lowest BCUT2D eigenvalue weighted by Crippen LogP contribution is -2.34. The van der Waals surface area contributed by atoms with E-state index in [1.54, 1.807) is 17.0 Å². The van der Waals surface area contributed by atoms with Gasteiger partial charge in [0, 0.05) is 13.1 Å². The maximum absolute atomic E-state index is 13.1. The monoisotopic (exact) mass is 495 g/mol. The third kappa shape index (κ3) is 6.20. The summed E-state index contributed by atoms with van der Waals surface area (Å²) in [4.78, 5) is 26.4. The number of halogens is 1. The lowest BCUT2D eigenvalue weighted by atomic mass is 10.0. The van der Waals surface area contributed by atoms with Crippen molar-refractivity contribution >= 4 is 27.8 Å². The molecule has 0 fully saturated rings. The molecule has 0 aliphatic carbocycles. The third-order valence-electron chi connectivity index (χ3n) is 5.13. The molecule has 166 valence electrons. The molecule has 0 saturated carbocycles. The van der Waals surface area contributed by atoms with Gasteiger partial charge >= 0.3 is 5.97 Å². The van der Waals surface area contributed by atoms with Crippen LogP contribution in [0.4, 0.5) is 0 Å². The smallest absolute Gasteiger partial charge is 0.339 e. The van der Waals surface area contributed by atoms with Gasteiger partial charge in [-0.25, -0.2) is 4.79 Å². The molecule has 3 aromatic carbocycles. The zero-order valence-electron chi connectivity index (χ0n) is 18.1. The predicted molar refractivity (Wildman–Crippen MR) is 128 cm³/mol. The first-order valence-electron chi connectivity index (χ1n) is 10.4. The van der Waals surface area contributed by atoms with Crippen LogP contribution >= 0.6 is 15.9 Å². The van der Waals surface area contributed by atoms with Crippen molar-refractivity contribution in [3.05, 3.63) is 99.5 Å². The Morgan fingerprint density at radius 1 is 0.906 bits per heavy atom. The van der Waals surface area contributed by atoms with E-state index in [1.807, 2.05) is 42.5 Å². The highest BCUT2D eigenvalue weighted by atomic mass is 79.9. The van der Waals surface area contributed by atoms with Crippen molar-refractivity contribution in [2.75, 3.05) is 6.61 Å². The minimum absolute atomic E-state index is 0.00561. The molecule has 1 amide bonds. The average Bonchev–Trinajstić information content (AvgIpc) is 2.78. The summed E-state index contributed by atoms with van der Waals surface area (Å²) in [5.74, 6) is -0.754. The van der Waals surface area contributed by atoms with Gasteiger partial charge in [0.15, 0.2) is 6.61 Å². The Bertz CT molecular complexity index is 1060. The molecule has 0 radical (unpaired) electrons. The van der Waals surface area contributed by atoms with E-state index < -0.39 is 5.97 Å². The number of carbonyl (C=O) groups excluding carboxylic acids is 1. The maximum Gasteiger partial charge on any atom is 0.339 e.